The van der Waals surface area contributed by atoms with Crippen molar-refractivity contribution in [2.75, 3.05) is 19.8 Å². The van der Waals surface area contributed by atoms with Gasteiger partial charge < -0.3 is 14.8 Å². The molecule has 1 saturated heterocycles. The summed E-state index contributed by atoms with van der Waals surface area (Å²) < 4.78 is 11.1. The fraction of sp³-hybridized carbons (Fsp3) is 0.625. The molecule has 0 aliphatic carbocycles. The van der Waals surface area contributed by atoms with Gasteiger partial charge in [0.15, 0.2) is 0 Å². The maximum absolute atomic E-state index is 5.57. The van der Waals surface area contributed by atoms with Crippen LogP contribution >= 0.6 is 0 Å². The van der Waals surface area contributed by atoms with E-state index in [1.165, 1.54) is 12.0 Å². The lowest BCUT2D eigenvalue weighted by atomic mass is 10.0. The molecule has 0 aromatic heterocycles. The molecule has 1 N–H and O–H groups in total. The van der Waals surface area contributed by atoms with E-state index in [9.17, 15) is 0 Å². The molecule has 1 aromatic rings. The zero-order chi connectivity index (χ0) is 13.5. The topological polar surface area (TPSA) is 30.5 Å². The number of hydrogen-bond donors (Lipinski definition) is 1. The van der Waals surface area contributed by atoms with Crippen molar-refractivity contribution in [3.63, 3.8) is 0 Å². The predicted molar refractivity (Wildman–Crippen MR) is 77.5 cm³/mol. The van der Waals surface area contributed by atoms with Gasteiger partial charge in [0, 0.05) is 19.7 Å². The minimum atomic E-state index is 0.400. The first-order valence-corrected chi connectivity index (χ1v) is 7.33. The Bertz CT molecular complexity index is 364. The Morgan fingerprint density at radius 1 is 1.32 bits per heavy atom. The van der Waals surface area contributed by atoms with Gasteiger partial charge in [-0.25, -0.2) is 0 Å². The normalized spacial score (nSPS) is 22.6. The SMILES string of the molecule is CCCOc1ccc(CNCC2CCOC2C)cc1. The second-order valence-corrected chi connectivity index (χ2v) is 5.25. The monoisotopic (exact) mass is 263 g/mol. The van der Waals surface area contributed by atoms with E-state index in [0.29, 0.717) is 12.0 Å². The van der Waals surface area contributed by atoms with Gasteiger partial charge in [0.25, 0.3) is 0 Å². The molecule has 1 fully saturated rings. The molecular weight excluding hydrogens is 238 g/mol. The van der Waals surface area contributed by atoms with E-state index in [2.05, 4.69) is 31.3 Å². The van der Waals surface area contributed by atoms with E-state index in [1.54, 1.807) is 0 Å². The first-order chi connectivity index (χ1) is 9.29. The Kier molecular flexibility index (Phi) is 5.67. The van der Waals surface area contributed by atoms with Gasteiger partial charge in [-0.1, -0.05) is 19.1 Å². The molecule has 0 amide bonds. The maximum atomic E-state index is 5.57. The third-order valence-corrected chi connectivity index (χ3v) is 3.67. The van der Waals surface area contributed by atoms with Crippen LogP contribution in [0.1, 0.15) is 32.3 Å². The lowest BCUT2D eigenvalue weighted by molar-refractivity contribution is 0.105. The number of ether oxygens (including phenoxy) is 2. The van der Waals surface area contributed by atoms with E-state index in [-0.39, 0.29) is 0 Å². The molecule has 106 valence electrons. The van der Waals surface area contributed by atoms with E-state index in [4.69, 9.17) is 9.47 Å². The van der Waals surface area contributed by atoms with Gasteiger partial charge in [-0.05, 0) is 43.4 Å². The second kappa shape index (κ2) is 7.51. The highest BCUT2D eigenvalue weighted by atomic mass is 16.5. The Morgan fingerprint density at radius 3 is 2.74 bits per heavy atom. The molecule has 1 aromatic carbocycles. The zero-order valence-corrected chi connectivity index (χ0v) is 12.0. The Balaban J connectivity index is 1.70. The van der Waals surface area contributed by atoms with Gasteiger partial charge in [-0.3, -0.25) is 0 Å². The third kappa shape index (κ3) is 4.51. The van der Waals surface area contributed by atoms with Gasteiger partial charge in [-0.2, -0.15) is 0 Å². The van der Waals surface area contributed by atoms with Gasteiger partial charge in [0.1, 0.15) is 5.75 Å². The van der Waals surface area contributed by atoms with Crippen LogP contribution in [0.15, 0.2) is 24.3 Å². The maximum Gasteiger partial charge on any atom is 0.119 e. The number of rotatable bonds is 7. The average molecular weight is 263 g/mol. The predicted octanol–water partition coefficient (Wildman–Crippen LogP) is 2.99. The van der Waals surface area contributed by atoms with Crippen molar-refractivity contribution in [3.05, 3.63) is 29.8 Å². The van der Waals surface area contributed by atoms with Gasteiger partial charge in [0.2, 0.25) is 0 Å². The van der Waals surface area contributed by atoms with E-state index in [1.807, 2.05) is 12.1 Å². The van der Waals surface area contributed by atoms with Crippen LogP contribution in [0.5, 0.6) is 5.75 Å². The van der Waals surface area contributed by atoms with Crippen molar-refractivity contribution in [1.82, 2.24) is 5.32 Å². The van der Waals surface area contributed by atoms with Crippen molar-refractivity contribution < 1.29 is 9.47 Å². The molecule has 0 spiro atoms. The third-order valence-electron chi connectivity index (χ3n) is 3.67. The zero-order valence-electron chi connectivity index (χ0n) is 12.0. The summed E-state index contributed by atoms with van der Waals surface area (Å²) in [5, 5.41) is 3.52. The summed E-state index contributed by atoms with van der Waals surface area (Å²) in [5.74, 6) is 1.62. The van der Waals surface area contributed by atoms with Crippen LogP contribution in [0.25, 0.3) is 0 Å². The second-order valence-electron chi connectivity index (χ2n) is 5.25. The lowest BCUT2D eigenvalue weighted by Gasteiger charge is -2.14. The van der Waals surface area contributed by atoms with Gasteiger partial charge >= 0.3 is 0 Å². The molecule has 0 radical (unpaired) electrons. The Morgan fingerprint density at radius 2 is 2.11 bits per heavy atom. The molecule has 19 heavy (non-hydrogen) atoms. The molecule has 1 aliphatic rings. The summed E-state index contributed by atoms with van der Waals surface area (Å²) in [6.45, 7) is 7.94. The van der Waals surface area contributed by atoms with Gasteiger partial charge in [0.05, 0.1) is 12.7 Å². The molecular formula is C16H25NO2. The summed E-state index contributed by atoms with van der Waals surface area (Å²) in [4.78, 5) is 0. The highest BCUT2D eigenvalue weighted by Gasteiger charge is 2.23. The van der Waals surface area contributed by atoms with Crippen LogP contribution in [0.4, 0.5) is 0 Å². The average Bonchev–Trinajstić information content (AvgIpc) is 2.84. The van der Waals surface area contributed by atoms with Crippen LogP contribution < -0.4 is 10.1 Å². The standard InChI is InChI=1S/C16H25NO2/c1-3-9-19-16-6-4-14(5-7-16)11-17-12-15-8-10-18-13(15)2/h4-7,13,15,17H,3,8-12H2,1-2H3. The van der Waals surface area contributed by atoms with E-state index < -0.39 is 0 Å². The Hall–Kier alpha value is -1.06. The van der Waals surface area contributed by atoms with Crippen LogP contribution in [-0.2, 0) is 11.3 Å². The summed E-state index contributed by atoms with van der Waals surface area (Å²) in [6, 6.07) is 8.36. The number of benzene rings is 1. The molecule has 1 heterocycles. The van der Waals surface area contributed by atoms with Crippen molar-refractivity contribution in [2.24, 2.45) is 5.92 Å². The summed E-state index contributed by atoms with van der Waals surface area (Å²) >= 11 is 0. The molecule has 1 aliphatic heterocycles. The molecule has 2 unspecified atom stereocenters. The van der Waals surface area contributed by atoms with Crippen molar-refractivity contribution in [1.29, 1.82) is 0 Å². The largest absolute Gasteiger partial charge is 0.494 e. The fourth-order valence-corrected chi connectivity index (χ4v) is 2.37. The van der Waals surface area contributed by atoms with E-state index >= 15 is 0 Å². The Labute approximate surface area is 116 Å². The van der Waals surface area contributed by atoms with Gasteiger partial charge in [-0.15, -0.1) is 0 Å². The molecule has 3 nitrogen and oxygen atoms in total. The summed E-state index contributed by atoms with van der Waals surface area (Å²) in [6.07, 6.45) is 2.63. The highest BCUT2D eigenvalue weighted by Crippen LogP contribution is 2.19. The van der Waals surface area contributed by atoms with E-state index in [0.717, 1.165) is 38.5 Å². The molecule has 3 heteroatoms. The van der Waals surface area contributed by atoms with Crippen LogP contribution in [0.3, 0.4) is 0 Å². The summed E-state index contributed by atoms with van der Waals surface area (Å²) in [7, 11) is 0. The molecule has 2 rings (SSSR count). The highest BCUT2D eigenvalue weighted by molar-refractivity contribution is 5.27. The van der Waals surface area contributed by atoms with Crippen LogP contribution in [0.2, 0.25) is 0 Å². The number of nitrogens with one attached hydrogen (secondary N) is 1. The van der Waals surface area contributed by atoms with Crippen LogP contribution in [0, 0.1) is 5.92 Å². The lowest BCUT2D eigenvalue weighted by Crippen LogP contribution is -2.26. The molecule has 0 saturated carbocycles. The first kappa shape index (κ1) is 14.4. The molecule has 2 atom stereocenters. The quantitative estimate of drug-likeness (QED) is 0.820. The van der Waals surface area contributed by atoms with Crippen LogP contribution in [-0.4, -0.2) is 25.9 Å². The smallest absolute Gasteiger partial charge is 0.119 e. The first-order valence-electron chi connectivity index (χ1n) is 7.33. The number of hydrogen-bond acceptors (Lipinski definition) is 3. The van der Waals surface area contributed by atoms with Crippen molar-refractivity contribution >= 4 is 0 Å². The fourth-order valence-electron chi connectivity index (χ4n) is 2.37. The van der Waals surface area contributed by atoms with Crippen molar-refractivity contribution in [3.8, 4) is 5.75 Å². The minimum Gasteiger partial charge on any atom is -0.494 e. The summed E-state index contributed by atoms with van der Waals surface area (Å²) in [5.41, 5.74) is 1.30. The van der Waals surface area contributed by atoms with Crippen molar-refractivity contribution in [2.45, 2.75) is 39.3 Å². The molecule has 0 bridgehead atoms. The minimum absolute atomic E-state index is 0.400.